The van der Waals surface area contributed by atoms with Crippen LogP contribution in [0.2, 0.25) is 0 Å². The van der Waals surface area contributed by atoms with Gasteiger partial charge in [0.2, 0.25) is 0 Å². The van der Waals surface area contributed by atoms with Crippen molar-refractivity contribution in [2.75, 3.05) is 11.9 Å². The van der Waals surface area contributed by atoms with E-state index in [2.05, 4.69) is 0 Å². The summed E-state index contributed by atoms with van der Waals surface area (Å²) in [4.78, 5) is 26.3. The maximum absolute atomic E-state index is 13.1. The maximum Gasteiger partial charge on any atom is 0.353 e. The molecule has 0 saturated heterocycles. The molecule has 0 spiro atoms. The Labute approximate surface area is 159 Å². The van der Waals surface area contributed by atoms with Crippen LogP contribution in [-0.4, -0.2) is 19.0 Å². The number of thiophene rings is 1. The van der Waals surface area contributed by atoms with Gasteiger partial charge < -0.3 is 10.5 Å². The fourth-order valence-electron chi connectivity index (χ4n) is 2.52. The summed E-state index contributed by atoms with van der Waals surface area (Å²) < 4.78 is 18.5. The third-order valence-corrected chi connectivity index (χ3v) is 5.07. The highest BCUT2D eigenvalue weighted by Gasteiger charge is 2.16. The number of ether oxygens (including phenoxy) is 1. The number of aryl methyl sites for hydroxylation is 1. The number of urea groups is 1. The molecule has 1 aromatic heterocycles. The van der Waals surface area contributed by atoms with E-state index >= 15 is 0 Å². The molecule has 5 nitrogen and oxygen atoms in total. The second-order valence-electron chi connectivity index (χ2n) is 5.87. The number of amides is 2. The lowest BCUT2D eigenvalue weighted by Crippen LogP contribution is -2.31. The van der Waals surface area contributed by atoms with Crippen molar-refractivity contribution < 1.29 is 18.7 Å². The molecule has 2 N–H and O–H groups in total. The van der Waals surface area contributed by atoms with Crippen molar-refractivity contribution in [2.24, 2.45) is 5.73 Å². The average molecular weight is 384 g/mol. The van der Waals surface area contributed by atoms with E-state index in [0.717, 1.165) is 16.0 Å². The summed E-state index contributed by atoms with van der Waals surface area (Å²) in [6.45, 7) is 1.90. The molecule has 0 aliphatic rings. The SMILES string of the molecule is Cc1sc(C(=O)Oc2ccc(N(C)C(N)=O)cc2)cc1-c1ccc(F)cc1. The predicted molar refractivity (Wildman–Crippen MR) is 104 cm³/mol. The van der Waals surface area contributed by atoms with Gasteiger partial charge in [-0.3, -0.25) is 4.90 Å². The number of benzene rings is 2. The van der Waals surface area contributed by atoms with Crippen LogP contribution in [0.25, 0.3) is 11.1 Å². The molecule has 2 amide bonds. The third kappa shape index (κ3) is 4.15. The monoisotopic (exact) mass is 384 g/mol. The van der Waals surface area contributed by atoms with Crippen molar-refractivity contribution in [3.8, 4) is 16.9 Å². The first-order valence-electron chi connectivity index (χ1n) is 8.07. The first-order valence-corrected chi connectivity index (χ1v) is 8.88. The molecule has 0 unspecified atom stereocenters. The third-order valence-electron chi connectivity index (χ3n) is 4.04. The highest BCUT2D eigenvalue weighted by atomic mass is 32.1. The van der Waals surface area contributed by atoms with Crippen molar-refractivity contribution in [2.45, 2.75) is 6.92 Å². The van der Waals surface area contributed by atoms with Crippen molar-refractivity contribution in [3.63, 3.8) is 0 Å². The summed E-state index contributed by atoms with van der Waals surface area (Å²) in [6, 6.07) is 13.7. The Morgan fingerprint density at radius 2 is 1.70 bits per heavy atom. The maximum atomic E-state index is 13.1. The minimum Gasteiger partial charge on any atom is -0.422 e. The molecule has 0 radical (unpaired) electrons. The Morgan fingerprint density at radius 1 is 1.07 bits per heavy atom. The molecule has 3 aromatic rings. The highest BCUT2D eigenvalue weighted by Crippen LogP contribution is 2.32. The quantitative estimate of drug-likeness (QED) is 0.528. The molecular weight excluding hydrogens is 367 g/mol. The number of halogens is 1. The van der Waals surface area contributed by atoms with Crippen LogP contribution in [-0.2, 0) is 0 Å². The van der Waals surface area contributed by atoms with Gasteiger partial charge in [0.25, 0.3) is 0 Å². The normalized spacial score (nSPS) is 10.5. The summed E-state index contributed by atoms with van der Waals surface area (Å²) in [5.41, 5.74) is 7.51. The molecule has 0 aliphatic carbocycles. The lowest BCUT2D eigenvalue weighted by atomic mass is 10.1. The smallest absolute Gasteiger partial charge is 0.353 e. The second kappa shape index (κ2) is 7.59. The van der Waals surface area contributed by atoms with Crippen LogP contribution >= 0.6 is 11.3 Å². The number of carbonyl (C=O) groups is 2. The number of esters is 1. The largest absolute Gasteiger partial charge is 0.422 e. The van der Waals surface area contributed by atoms with Crippen LogP contribution in [0.1, 0.15) is 14.5 Å². The first-order chi connectivity index (χ1) is 12.8. The van der Waals surface area contributed by atoms with Gasteiger partial charge in [-0.1, -0.05) is 12.1 Å². The van der Waals surface area contributed by atoms with Crippen LogP contribution < -0.4 is 15.4 Å². The Hall–Kier alpha value is -3.19. The molecule has 7 heteroatoms. The standard InChI is InChI=1S/C20H17FN2O3S/c1-12-17(13-3-5-14(21)6-4-13)11-18(27-12)19(24)26-16-9-7-15(8-10-16)23(2)20(22)25/h3-11H,1-2H3,(H2,22,25). The molecule has 27 heavy (non-hydrogen) atoms. The molecule has 0 saturated carbocycles. The van der Waals surface area contributed by atoms with Gasteiger partial charge >= 0.3 is 12.0 Å². The second-order valence-corrected chi connectivity index (χ2v) is 7.12. The zero-order valence-electron chi connectivity index (χ0n) is 14.7. The minimum absolute atomic E-state index is 0.309. The van der Waals surface area contributed by atoms with Crippen molar-refractivity contribution in [1.29, 1.82) is 0 Å². The Kier molecular flexibility index (Phi) is 5.23. The van der Waals surface area contributed by atoms with E-state index in [1.54, 1.807) is 49.5 Å². The fourth-order valence-corrected chi connectivity index (χ4v) is 3.44. The van der Waals surface area contributed by atoms with E-state index in [9.17, 15) is 14.0 Å². The van der Waals surface area contributed by atoms with E-state index in [1.807, 2.05) is 6.92 Å². The van der Waals surface area contributed by atoms with Gasteiger partial charge in [-0.05, 0) is 60.5 Å². The molecule has 2 aromatic carbocycles. The first kappa shape index (κ1) is 18.6. The molecule has 138 valence electrons. The van der Waals surface area contributed by atoms with Gasteiger partial charge in [0.05, 0.1) is 0 Å². The number of anilines is 1. The molecule has 0 aliphatic heterocycles. The van der Waals surface area contributed by atoms with Gasteiger partial charge in [0, 0.05) is 17.6 Å². The number of primary amides is 1. The molecule has 3 rings (SSSR count). The molecule has 1 heterocycles. The van der Waals surface area contributed by atoms with Crippen molar-refractivity contribution >= 4 is 29.0 Å². The number of hydrogen-bond acceptors (Lipinski definition) is 4. The van der Waals surface area contributed by atoms with Crippen molar-refractivity contribution in [3.05, 3.63) is 70.2 Å². The fraction of sp³-hybridized carbons (Fsp3) is 0.100. The summed E-state index contributed by atoms with van der Waals surface area (Å²) in [5, 5.41) is 0. The summed E-state index contributed by atoms with van der Waals surface area (Å²) in [5.74, 6) is -0.430. The highest BCUT2D eigenvalue weighted by molar-refractivity contribution is 7.14. The van der Waals surface area contributed by atoms with E-state index in [1.165, 1.54) is 28.4 Å². The molecular formula is C20H17FN2O3S. The molecule has 0 fully saturated rings. The predicted octanol–water partition coefficient (Wildman–Crippen LogP) is 4.60. The van der Waals surface area contributed by atoms with E-state index in [-0.39, 0.29) is 5.82 Å². The van der Waals surface area contributed by atoms with Gasteiger partial charge in [0.1, 0.15) is 16.4 Å². The Morgan fingerprint density at radius 3 is 2.30 bits per heavy atom. The molecule has 0 atom stereocenters. The van der Waals surface area contributed by atoms with E-state index < -0.39 is 12.0 Å². The van der Waals surface area contributed by atoms with Crippen LogP contribution in [0.4, 0.5) is 14.9 Å². The number of carbonyl (C=O) groups excluding carboxylic acids is 2. The lowest BCUT2D eigenvalue weighted by Gasteiger charge is -2.14. The van der Waals surface area contributed by atoms with Gasteiger partial charge in [-0.15, -0.1) is 11.3 Å². The Balaban J connectivity index is 1.76. The van der Waals surface area contributed by atoms with Crippen LogP contribution in [0.3, 0.4) is 0 Å². The average Bonchev–Trinajstić information content (AvgIpc) is 3.04. The summed E-state index contributed by atoms with van der Waals surface area (Å²) >= 11 is 1.31. The van der Waals surface area contributed by atoms with Gasteiger partial charge in [-0.25, -0.2) is 14.0 Å². The van der Waals surface area contributed by atoms with E-state index in [4.69, 9.17) is 10.5 Å². The Bertz CT molecular complexity index is 981. The lowest BCUT2D eigenvalue weighted by molar-refractivity contribution is 0.0740. The van der Waals surface area contributed by atoms with Crippen LogP contribution in [0.15, 0.2) is 54.6 Å². The number of nitrogens with two attached hydrogens (primary N) is 1. The summed E-state index contributed by atoms with van der Waals surface area (Å²) in [6.07, 6.45) is 0. The van der Waals surface area contributed by atoms with Crippen LogP contribution in [0, 0.1) is 12.7 Å². The number of hydrogen-bond donors (Lipinski definition) is 1. The number of rotatable bonds is 4. The van der Waals surface area contributed by atoms with Crippen molar-refractivity contribution in [1.82, 2.24) is 0 Å². The van der Waals surface area contributed by atoms with Crippen LogP contribution in [0.5, 0.6) is 5.75 Å². The van der Waals surface area contributed by atoms with Gasteiger partial charge in [-0.2, -0.15) is 0 Å². The zero-order valence-corrected chi connectivity index (χ0v) is 15.5. The number of nitrogens with zero attached hydrogens (tertiary/aromatic N) is 1. The van der Waals surface area contributed by atoms with Gasteiger partial charge in [0.15, 0.2) is 0 Å². The topological polar surface area (TPSA) is 72.6 Å². The zero-order chi connectivity index (χ0) is 19.6. The molecule has 0 bridgehead atoms. The summed E-state index contributed by atoms with van der Waals surface area (Å²) in [7, 11) is 1.55. The van der Waals surface area contributed by atoms with E-state index in [0.29, 0.717) is 16.3 Å². The minimum atomic E-state index is -0.581.